The summed E-state index contributed by atoms with van der Waals surface area (Å²) in [4.78, 5) is 31.5. The zero-order valence-electron chi connectivity index (χ0n) is 16.5. The largest absolute Gasteiger partial charge is 0.337 e. The lowest BCUT2D eigenvalue weighted by molar-refractivity contribution is -0.132. The van der Waals surface area contributed by atoms with Crippen LogP contribution in [0.2, 0.25) is 0 Å². The first kappa shape index (κ1) is 19.6. The number of nitrogens with zero attached hydrogens (tertiary/aromatic N) is 3. The summed E-state index contributed by atoms with van der Waals surface area (Å²) in [6.45, 7) is 3.90. The average Bonchev–Trinajstić information content (AvgIpc) is 2.94. The van der Waals surface area contributed by atoms with Gasteiger partial charge in [0.1, 0.15) is 5.82 Å². The third-order valence-corrected chi connectivity index (χ3v) is 5.85. The van der Waals surface area contributed by atoms with Gasteiger partial charge in [-0.05, 0) is 30.5 Å². The Labute approximate surface area is 170 Å². The molecule has 152 valence electrons. The molecule has 5 nitrogen and oxygen atoms in total. The van der Waals surface area contributed by atoms with Crippen molar-refractivity contribution in [2.75, 3.05) is 32.7 Å². The molecule has 2 aliphatic rings. The maximum atomic E-state index is 14.0. The highest BCUT2D eigenvalue weighted by molar-refractivity contribution is 5.94. The first-order valence-corrected chi connectivity index (χ1v) is 10.2. The minimum atomic E-state index is -0.485. The molecule has 2 heterocycles. The molecule has 2 fully saturated rings. The fourth-order valence-electron chi connectivity index (χ4n) is 4.28. The van der Waals surface area contributed by atoms with Crippen molar-refractivity contribution in [2.24, 2.45) is 0 Å². The van der Waals surface area contributed by atoms with Crippen LogP contribution in [0.25, 0.3) is 0 Å². The molecule has 2 aliphatic heterocycles. The van der Waals surface area contributed by atoms with Crippen LogP contribution in [-0.4, -0.2) is 65.3 Å². The Morgan fingerprint density at radius 3 is 2.48 bits per heavy atom. The molecule has 29 heavy (non-hydrogen) atoms. The molecule has 2 aromatic rings. The topological polar surface area (TPSA) is 43.9 Å². The van der Waals surface area contributed by atoms with Crippen LogP contribution in [0.3, 0.4) is 0 Å². The van der Waals surface area contributed by atoms with Gasteiger partial charge in [-0.15, -0.1) is 0 Å². The van der Waals surface area contributed by atoms with E-state index in [4.69, 9.17) is 0 Å². The Hall–Kier alpha value is -2.73. The lowest BCUT2D eigenvalue weighted by Crippen LogP contribution is -2.44. The van der Waals surface area contributed by atoms with E-state index in [-0.39, 0.29) is 23.4 Å². The number of amides is 2. The number of benzene rings is 2. The summed E-state index contributed by atoms with van der Waals surface area (Å²) in [6, 6.07) is 16.0. The van der Waals surface area contributed by atoms with Crippen molar-refractivity contribution >= 4 is 11.8 Å². The highest BCUT2D eigenvalue weighted by Gasteiger charge is 2.36. The molecule has 0 radical (unpaired) electrons. The number of halogens is 1. The molecule has 0 aliphatic carbocycles. The van der Waals surface area contributed by atoms with Gasteiger partial charge < -0.3 is 9.80 Å². The molecule has 1 atom stereocenters. The van der Waals surface area contributed by atoms with Gasteiger partial charge in [0.05, 0.1) is 11.6 Å². The van der Waals surface area contributed by atoms with Crippen LogP contribution in [0.5, 0.6) is 0 Å². The third kappa shape index (κ3) is 4.32. The number of rotatable bonds is 4. The van der Waals surface area contributed by atoms with Crippen LogP contribution in [-0.2, 0) is 11.3 Å². The maximum Gasteiger partial charge on any atom is 0.256 e. The molecule has 6 heteroatoms. The van der Waals surface area contributed by atoms with E-state index in [2.05, 4.69) is 4.90 Å². The molecule has 2 amide bonds. The number of carbonyl (C=O) groups excluding carboxylic acids is 2. The zero-order valence-corrected chi connectivity index (χ0v) is 16.5. The first-order valence-electron chi connectivity index (χ1n) is 10.2. The summed E-state index contributed by atoms with van der Waals surface area (Å²) in [5.74, 6) is -0.586. The second kappa shape index (κ2) is 8.74. The van der Waals surface area contributed by atoms with E-state index in [0.717, 1.165) is 31.5 Å². The third-order valence-electron chi connectivity index (χ3n) is 5.85. The molecule has 0 unspecified atom stereocenters. The Kier molecular flexibility index (Phi) is 5.90. The quantitative estimate of drug-likeness (QED) is 0.800. The van der Waals surface area contributed by atoms with Gasteiger partial charge >= 0.3 is 0 Å². The zero-order chi connectivity index (χ0) is 20.2. The number of hydrogen-bond acceptors (Lipinski definition) is 3. The number of likely N-dealkylation sites (tertiary alicyclic amines) is 1. The Bertz CT molecular complexity index is 873. The fraction of sp³-hybridized carbons (Fsp3) is 0.391. The fourth-order valence-corrected chi connectivity index (χ4v) is 4.28. The van der Waals surface area contributed by atoms with Crippen LogP contribution in [0.15, 0.2) is 54.6 Å². The Morgan fingerprint density at radius 1 is 0.931 bits per heavy atom. The molecule has 0 bridgehead atoms. The van der Waals surface area contributed by atoms with Crippen LogP contribution in [0.1, 0.15) is 28.8 Å². The molecule has 0 aromatic heterocycles. The van der Waals surface area contributed by atoms with Crippen molar-refractivity contribution < 1.29 is 14.0 Å². The monoisotopic (exact) mass is 395 g/mol. The summed E-state index contributed by atoms with van der Waals surface area (Å²) >= 11 is 0. The van der Waals surface area contributed by atoms with Gasteiger partial charge in [-0.2, -0.15) is 0 Å². The molecule has 0 spiro atoms. The second-order valence-corrected chi connectivity index (χ2v) is 7.71. The molecule has 0 saturated carbocycles. The summed E-state index contributed by atoms with van der Waals surface area (Å²) in [5, 5.41) is 0. The molecule has 2 saturated heterocycles. The molecular weight excluding hydrogens is 369 g/mol. The van der Waals surface area contributed by atoms with E-state index in [9.17, 15) is 14.0 Å². The average molecular weight is 395 g/mol. The van der Waals surface area contributed by atoms with E-state index in [0.29, 0.717) is 26.2 Å². The van der Waals surface area contributed by atoms with Gasteiger partial charge in [0.25, 0.3) is 5.91 Å². The van der Waals surface area contributed by atoms with E-state index < -0.39 is 5.82 Å². The van der Waals surface area contributed by atoms with Crippen molar-refractivity contribution in [3.8, 4) is 0 Å². The van der Waals surface area contributed by atoms with Gasteiger partial charge in [-0.25, -0.2) is 4.39 Å². The molecular formula is C23H26FN3O2. The van der Waals surface area contributed by atoms with Crippen LogP contribution >= 0.6 is 0 Å². The SMILES string of the molecule is O=C(c1ccccc1F)N1CCCN([C@@H]2CCN(Cc3ccccc3)C2=O)CC1. The van der Waals surface area contributed by atoms with E-state index in [1.54, 1.807) is 17.0 Å². The van der Waals surface area contributed by atoms with E-state index >= 15 is 0 Å². The van der Waals surface area contributed by atoms with Gasteiger partial charge in [0.15, 0.2) is 0 Å². The van der Waals surface area contributed by atoms with Gasteiger partial charge in [0.2, 0.25) is 5.91 Å². The number of carbonyl (C=O) groups is 2. The maximum absolute atomic E-state index is 14.0. The van der Waals surface area contributed by atoms with E-state index in [1.807, 2.05) is 35.2 Å². The first-order chi connectivity index (χ1) is 14.1. The predicted molar refractivity (Wildman–Crippen MR) is 109 cm³/mol. The molecule has 4 rings (SSSR count). The lowest BCUT2D eigenvalue weighted by atomic mass is 10.2. The van der Waals surface area contributed by atoms with Crippen molar-refractivity contribution in [1.82, 2.24) is 14.7 Å². The Balaban J connectivity index is 1.37. The Morgan fingerprint density at radius 2 is 1.69 bits per heavy atom. The van der Waals surface area contributed by atoms with Gasteiger partial charge in [-0.3, -0.25) is 14.5 Å². The van der Waals surface area contributed by atoms with Crippen molar-refractivity contribution in [3.05, 3.63) is 71.5 Å². The standard InChI is InChI=1S/C23H26FN3O2/c24-20-10-5-4-9-19(20)22(28)26-13-6-12-25(15-16-26)21-11-14-27(23(21)29)17-18-7-2-1-3-8-18/h1-5,7-10,21H,6,11-17H2/t21-/m1/s1. The lowest BCUT2D eigenvalue weighted by Gasteiger charge is -2.26. The van der Waals surface area contributed by atoms with Crippen molar-refractivity contribution in [3.63, 3.8) is 0 Å². The van der Waals surface area contributed by atoms with Crippen molar-refractivity contribution in [1.29, 1.82) is 0 Å². The summed E-state index contributed by atoms with van der Waals surface area (Å²) in [7, 11) is 0. The van der Waals surface area contributed by atoms with Crippen LogP contribution < -0.4 is 0 Å². The minimum absolute atomic E-state index is 0.118. The smallest absolute Gasteiger partial charge is 0.256 e. The van der Waals surface area contributed by atoms with Crippen molar-refractivity contribution in [2.45, 2.75) is 25.4 Å². The molecule has 2 aromatic carbocycles. The number of hydrogen-bond donors (Lipinski definition) is 0. The highest BCUT2D eigenvalue weighted by Crippen LogP contribution is 2.22. The highest BCUT2D eigenvalue weighted by atomic mass is 19.1. The summed E-state index contributed by atoms with van der Waals surface area (Å²) in [6.07, 6.45) is 1.59. The summed E-state index contributed by atoms with van der Waals surface area (Å²) in [5.41, 5.74) is 1.26. The second-order valence-electron chi connectivity index (χ2n) is 7.71. The van der Waals surface area contributed by atoms with Crippen LogP contribution in [0.4, 0.5) is 4.39 Å². The predicted octanol–water partition coefficient (Wildman–Crippen LogP) is 2.77. The van der Waals surface area contributed by atoms with Crippen LogP contribution in [0, 0.1) is 5.82 Å². The normalized spacial score (nSPS) is 20.7. The summed E-state index contributed by atoms with van der Waals surface area (Å²) < 4.78 is 14.0. The van der Waals surface area contributed by atoms with E-state index in [1.165, 1.54) is 12.1 Å². The molecule has 0 N–H and O–H groups in total. The van der Waals surface area contributed by atoms with Gasteiger partial charge in [-0.1, -0.05) is 42.5 Å². The minimum Gasteiger partial charge on any atom is -0.337 e. The van der Waals surface area contributed by atoms with Gasteiger partial charge in [0, 0.05) is 39.3 Å².